The van der Waals surface area contributed by atoms with Crippen molar-refractivity contribution in [2.45, 2.75) is 13.8 Å². The summed E-state index contributed by atoms with van der Waals surface area (Å²) >= 11 is 0. The second kappa shape index (κ2) is 5.72. The van der Waals surface area contributed by atoms with Crippen molar-refractivity contribution in [3.8, 4) is 5.69 Å². The molecule has 0 fully saturated rings. The van der Waals surface area contributed by atoms with E-state index in [0.29, 0.717) is 17.2 Å². The Hall–Kier alpha value is -3.09. The van der Waals surface area contributed by atoms with Crippen LogP contribution in [0.15, 0.2) is 42.6 Å². The molecule has 0 spiro atoms. The number of amides is 1. The molecule has 0 bridgehead atoms. The first-order valence-electron chi connectivity index (χ1n) is 6.73. The molecule has 0 radical (unpaired) electrons. The molecule has 0 unspecified atom stereocenters. The number of carbonyl (C=O) groups is 1. The molecule has 0 atom stereocenters. The lowest BCUT2D eigenvalue weighted by Gasteiger charge is -2.08. The van der Waals surface area contributed by atoms with E-state index in [2.05, 4.69) is 25.8 Å². The van der Waals surface area contributed by atoms with E-state index in [1.807, 2.05) is 32.0 Å². The van der Waals surface area contributed by atoms with Crippen molar-refractivity contribution >= 4 is 11.6 Å². The van der Waals surface area contributed by atoms with Crippen LogP contribution in [0.5, 0.6) is 0 Å². The van der Waals surface area contributed by atoms with Crippen molar-refractivity contribution in [1.82, 2.24) is 25.2 Å². The fourth-order valence-corrected chi connectivity index (χ4v) is 2.10. The molecule has 2 heterocycles. The van der Waals surface area contributed by atoms with Gasteiger partial charge in [0.1, 0.15) is 5.69 Å². The van der Waals surface area contributed by atoms with Crippen LogP contribution in [0.25, 0.3) is 5.69 Å². The second-order valence-electron chi connectivity index (χ2n) is 4.81. The summed E-state index contributed by atoms with van der Waals surface area (Å²) in [4.78, 5) is 16.4. The van der Waals surface area contributed by atoms with Crippen molar-refractivity contribution in [1.29, 1.82) is 0 Å². The van der Waals surface area contributed by atoms with Gasteiger partial charge in [-0.15, -0.1) is 5.10 Å². The molecule has 3 rings (SSSR count). The molecule has 1 N–H and O–H groups in total. The lowest BCUT2D eigenvalue weighted by Crippen LogP contribution is -2.15. The van der Waals surface area contributed by atoms with Crippen LogP contribution in [0.3, 0.4) is 0 Å². The molecule has 0 saturated heterocycles. The van der Waals surface area contributed by atoms with Crippen molar-refractivity contribution in [2.75, 3.05) is 5.32 Å². The number of benzene rings is 1. The summed E-state index contributed by atoms with van der Waals surface area (Å²) in [5, 5.41) is 14.2. The van der Waals surface area contributed by atoms with Gasteiger partial charge in [0.15, 0.2) is 5.82 Å². The number of nitrogens with zero attached hydrogens (tertiary/aromatic N) is 5. The molecule has 7 nitrogen and oxygen atoms in total. The summed E-state index contributed by atoms with van der Waals surface area (Å²) in [6.07, 6.45) is 1.60. The van der Waals surface area contributed by atoms with Crippen molar-refractivity contribution in [3.05, 3.63) is 59.7 Å². The smallest absolute Gasteiger partial charge is 0.274 e. The summed E-state index contributed by atoms with van der Waals surface area (Å²) in [5.74, 6) is 0.424. The summed E-state index contributed by atoms with van der Waals surface area (Å²) in [6.45, 7) is 3.66. The monoisotopic (exact) mass is 294 g/mol. The third-order valence-corrected chi connectivity index (χ3v) is 3.20. The zero-order chi connectivity index (χ0) is 15.5. The first-order chi connectivity index (χ1) is 10.6. The Morgan fingerprint density at radius 3 is 2.77 bits per heavy atom. The normalized spacial score (nSPS) is 10.5. The lowest BCUT2D eigenvalue weighted by molar-refractivity contribution is 0.102. The predicted molar refractivity (Wildman–Crippen MR) is 80.8 cm³/mol. The van der Waals surface area contributed by atoms with Gasteiger partial charge in [-0.1, -0.05) is 12.1 Å². The van der Waals surface area contributed by atoms with Gasteiger partial charge in [0.2, 0.25) is 0 Å². The summed E-state index contributed by atoms with van der Waals surface area (Å²) in [5.41, 5.74) is 2.67. The molecule has 1 amide bonds. The maximum atomic E-state index is 12.3. The molecule has 7 heteroatoms. The van der Waals surface area contributed by atoms with E-state index in [0.717, 1.165) is 11.3 Å². The van der Waals surface area contributed by atoms with Crippen molar-refractivity contribution in [3.63, 3.8) is 0 Å². The Balaban J connectivity index is 1.86. The molecule has 0 saturated carbocycles. The number of carbonyl (C=O) groups excluding carboxylic acids is 1. The molecule has 110 valence electrons. The minimum Gasteiger partial charge on any atom is -0.321 e. The van der Waals surface area contributed by atoms with Crippen LogP contribution in [0.1, 0.15) is 21.9 Å². The second-order valence-corrected chi connectivity index (χ2v) is 4.81. The largest absolute Gasteiger partial charge is 0.321 e. The van der Waals surface area contributed by atoms with Crippen LogP contribution in [0.4, 0.5) is 5.69 Å². The fourth-order valence-electron chi connectivity index (χ4n) is 2.10. The zero-order valence-corrected chi connectivity index (χ0v) is 12.2. The number of aryl methyl sites for hydroxylation is 2. The first kappa shape index (κ1) is 13.9. The minimum absolute atomic E-state index is 0.247. The molecular weight excluding hydrogens is 280 g/mol. The van der Waals surface area contributed by atoms with Crippen LogP contribution in [0, 0.1) is 13.8 Å². The molecule has 2 aromatic heterocycles. The average molecular weight is 294 g/mol. The van der Waals surface area contributed by atoms with Gasteiger partial charge >= 0.3 is 0 Å². The van der Waals surface area contributed by atoms with E-state index >= 15 is 0 Å². The quantitative estimate of drug-likeness (QED) is 0.797. The predicted octanol–water partition coefficient (Wildman–Crippen LogP) is 1.93. The fraction of sp³-hybridized carbons (Fsp3) is 0.133. The maximum Gasteiger partial charge on any atom is 0.274 e. The van der Waals surface area contributed by atoms with E-state index in [1.165, 1.54) is 0 Å². The molecule has 0 aliphatic carbocycles. The maximum absolute atomic E-state index is 12.3. The first-order valence-corrected chi connectivity index (χ1v) is 6.73. The van der Waals surface area contributed by atoms with Gasteiger partial charge in [-0.25, -0.2) is 0 Å². The SMILES string of the molecule is Cc1cccnc1C(=O)Nc1cccc(-n2nnnc2C)c1. The summed E-state index contributed by atoms with van der Waals surface area (Å²) in [7, 11) is 0. The summed E-state index contributed by atoms with van der Waals surface area (Å²) in [6, 6.07) is 11.0. The molecule has 22 heavy (non-hydrogen) atoms. The topological polar surface area (TPSA) is 85.6 Å². The van der Waals surface area contributed by atoms with Crippen LogP contribution in [-0.4, -0.2) is 31.1 Å². The highest BCUT2D eigenvalue weighted by Gasteiger charge is 2.11. The van der Waals surface area contributed by atoms with Crippen LogP contribution in [0.2, 0.25) is 0 Å². The Morgan fingerprint density at radius 2 is 2.05 bits per heavy atom. The molecule has 3 aromatic rings. The van der Waals surface area contributed by atoms with E-state index in [-0.39, 0.29) is 5.91 Å². The van der Waals surface area contributed by atoms with Crippen LogP contribution >= 0.6 is 0 Å². The highest BCUT2D eigenvalue weighted by molar-refractivity contribution is 6.03. The van der Waals surface area contributed by atoms with E-state index in [4.69, 9.17) is 0 Å². The van der Waals surface area contributed by atoms with Crippen molar-refractivity contribution in [2.24, 2.45) is 0 Å². The van der Waals surface area contributed by atoms with Gasteiger partial charge < -0.3 is 5.32 Å². The minimum atomic E-state index is -0.247. The van der Waals surface area contributed by atoms with E-state index in [1.54, 1.807) is 29.1 Å². The zero-order valence-electron chi connectivity index (χ0n) is 12.2. The number of anilines is 1. The number of hydrogen-bond donors (Lipinski definition) is 1. The number of rotatable bonds is 3. The van der Waals surface area contributed by atoms with Gasteiger partial charge in [0, 0.05) is 11.9 Å². The third kappa shape index (κ3) is 2.69. The Bertz CT molecular complexity index is 826. The summed E-state index contributed by atoms with van der Waals surface area (Å²) < 4.78 is 1.60. The van der Waals surface area contributed by atoms with Gasteiger partial charge in [0.05, 0.1) is 5.69 Å². The van der Waals surface area contributed by atoms with Crippen molar-refractivity contribution < 1.29 is 4.79 Å². The average Bonchev–Trinajstić information content (AvgIpc) is 2.94. The number of hydrogen-bond acceptors (Lipinski definition) is 5. The molecule has 0 aliphatic rings. The third-order valence-electron chi connectivity index (χ3n) is 3.20. The molecular formula is C15H14N6O. The highest BCUT2D eigenvalue weighted by atomic mass is 16.1. The highest BCUT2D eigenvalue weighted by Crippen LogP contribution is 2.16. The standard InChI is InChI=1S/C15H14N6O/c1-10-5-4-8-16-14(10)15(22)17-12-6-3-7-13(9-12)21-11(2)18-19-20-21/h3-9H,1-2H3,(H,17,22). The Labute approximate surface area is 127 Å². The molecule has 1 aromatic carbocycles. The van der Waals surface area contributed by atoms with Crippen LogP contribution in [-0.2, 0) is 0 Å². The van der Waals surface area contributed by atoms with E-state index in [9.17, 15) is 4.79 Å². The number of nitrogens with one attached hydrogen (secondary N) is 1. The number of pyridine rings is 1. The number of tetrazole rings is 1. The van der Waals surface area contributed by atoms with Crippen LogP contribution < -0.4 is 5.32 Å². The van der Waals surface area contributed by atoms with E-state index < -0.39 is 0 Å². The van der Waals surface area contributed by atoms with Gasteiger partial charge in [-0.2, -0.15) is 4.68 Å². The van der Waals surface area contributed by atoms with Gasteiger partial charge in [0.25, 0.3) is 5.91 Å². The van der Waals surface area contributed by atoms with Gasteiger partial charge in [-0.3, -0.25) is 9.78 Å². The molecule has 0 aliphatic heterocycles. The lowest BCUT2D eigenvalue weighted by atomic mass is 10.2. The Kier molecular flexibility index (Phi) is 3.61. The number of aromatic nitrogens is 5. The van der Waals surface area contributed by atoms with Gasteiger partial charge in [-0.05, 0) is 54.1 Å². The Morgan fingerprint density at radius 1 is 1.18 bits per heavy atom.